The van der Waals surface area contributed by atoms with Crippen LogP contribution in [0.5, 0.6) is 0 Å². The van der Waals surface area contributed by atoms with Crippen LogP contribution in [0.1, 0.15) is 36.2 Å². The van der Waals surface area contributed by atoms with Crippen LogP contribution >= 0.6 is 0 Å². The van der Waals surface area contributed by atoms with Gasteiger partial charge in [0.05, 0.1) is 11.5 Å². The van der Waals surface area contributed by atoms with Gasteiger partial charge in [0.2, 0.25) is 11.8 Å². The molecule has 0 radical (unpaired) electrons. The summed E-state index contributed by atoms with van der Waals surface area (Å²) in [4.78, 5) is 42.6. The molecule has 1 aliphatic rings. The van der Waals surface area contributed by atoms with E-state index in [1.54, 1.807) is 29.3 Å². The van der Waals surface area contributed by atoms with Crippen LogP contribution in [0.3, 0.4) is 0 Å². The molecule has 146 valence electrons. The number of amides is 3. The van der Waals surface area contributed by atoms with Gasteiger partial charge in [0.1, 0.15) is 0 Å². The number of anilines is 1. The predicted molar refractivity (Wildman–Crippen MR) is 105 cm³/mol. The Morgan fingerprint density at radius 3 is 2.68 bits per heavy atom. The van der Waals surface area contributed by atoms with E-state index >= 15 is 0 Å². The maximum atomic E-state index is 12.7. The van der Waals surface area contributed by atoms with Gasteiger partial charge >= 0.3 is 0 Å². The van der Waals surface area contributed by atoms with E-state index in [4.69, 9.17) is 0 Å². The number of carbonyl (C=O) groups excluding carboxylic acids is 3. The van der Waals surface area contributed by atoms with Crippen LogP contribution in [0.15, 0.2) is 48.8 Å². The van der Waals surface area contributed by atoms with E-state index in [0.29, 0.717) is 17.8 Å². The number of hydrogen-bond donors (Lipinski definition) is 2. The minimum atomic E-state index is -0.368. The van der Waals surface area contributed by atoms with Crippen molar-refractivity contribution in [2.24, 2.45) is 5.92 Å². The van der Waals surface area contributed by atoms with Gasteiger partial charge < -0.3 is 15.5 Å². The second kappa shape index (κ2) is 8.65. The van der Waals surface area contributed by atoms with Crippen molar-refractivity contribution in [2.75, 3.05) is 11.9 Å². The summed E-state index contributed by atoms with van der Waals surface area (Å²) in [6, 6.07) is 10.8. The number of rotatable bonds is 6. The van der Waals surface area contributed by atoms with Crippen LogP contribution in [0, 0.1) is 5.92 Å². The average Bonchev–Trinajstić information content (AvgIpc) is 3.10. The lowest BCUT2D eigenvalue weighted by molar-refractivity contribution is -0.129. The summed E-state index contributed by atoms with van der Waals surface area (Å²) in [7, 11) is 0. The van der Waals surface area contributed by atoms with E-state index in [9.17, 15) is 14.4 Å². The van der Waals surface area contributed by atoms with Gasteiger partial charge in [-0.3, -0.25) is 19.4 Å². The molecule has 0 spiro atoms. The van der Waals surface area contributed by atoms with Gasteiger partial charge in [-0.15, -0.1) is 0 Å². The molecule has 7 nitrogen and oxygen atoms in total. The molecule has 7 heteroatoms. The van der Waals surface area contributed by atoms with Crippen LogP contribution in [0.25, 0.3) is 0 Å². The van der Waals surface area contributed by atoms with Crippen molar-refractivity contribution < 1.29 is 14.4 Å². The van der Waals surface area contributed by atoms with Gasteiger partial charge in [0.15, 0.2) is 0 Å². The Morgan fingerprint density at radius 1 is 1.21 bits per heavy atom. The summed E-state index contributed by atoms with van der Waals surface area (Å²) < 4.78 is 0. The smallest absolute Gasteiger partial charge is 0.253 e. The van der Waals surface area contributed by atoms with Crippen LogP contribution in [-0.4, -0.2) is 40.2 Å². The van der Waals surface area contributed by atoms with Crippen LogP contribution in [0.2, 0.25) is 0 Å². The SMILES string of the molecule is CC(C)N1CC(C(=O)Nc2ccccc2CNC(=O)c2cccnc2)CC1=O. The molecule has 3 amide bonds. The molecule has 2 heterocycles. The summed E-state index contributed by atoms with van der Waals surface area (Å²) >= 11 is 0. The zero-order valence-electron chi connectivity index (χ0n) is 16.0. The summed E-state index contributed by atoms with van der Waals surface area (Å²) in [5.74, 6) is -0.772. The molecule has 2 aromatic rings. The molecule has 0 aliphatic carbocycles. The minimum absolute atomic E-state index is 0.00664. The number of pyridine rings is 1. The molecule has 2 N–H and O–H groups in total. The van der Waals surface area contributed by atoms with Gasteiger partial charge in [-0.2, -0.15) is 0 Å². The highest BCUT2D eigenvalue weighted by atomic mass is 16.2. The van der Waals surface area contributed by atoms with Crippen LogP contribution in [0.4, 0.5) is 5.69 Å². The number of aromatic nitrogens is 1. The van der Waals surface area contributed by atoms with Crippen LogP contribution < -0.4 is 10.6 Å². The first-order valence-corrected chi connectivity index (χ1v) is 9.32. The number of nitrogens with one attached hydrogen (secondary N) is 2. The van der Waals surface area contributed by atoms with Gasteiger partial charge in [-0.05, 0) is 37.6 Å². The monoisotopic (exact) mass is 380 g/mol. The molecule has 1 aromatic heterocycles. The van der Waals surface area contributed by atoms with Gasteiger partial charge in [-0.25, -0.2) is 0 Å². The number of likely N-dealkylation sites (tertiary alicyclic amines) is 1. The second-order valence-corrected chi connectivity index (χ2v) is 7.11. The third kappa shape index (κ3) is 4.54. The van der Waals surface area contributed by atoms with Crippen molar-refractivity contribution in [1.82, 2.24) is 15.2 Å². The molecule has 1 aromatic carbocycles. The summed E-state index contributed by atoms with van der Waals surface area (Å²) in [5.41, 5.74) is 1.90. The number of hydrogen-bond acceptors (Lipinski definition) is 4. The van der Waals surface area contributed by atoms with Gasteiger partial charge in [0.25, 0.3) is 5.91 Å². The Bertz CT molecular complexity index is 867. The highest BCUT2D eigenvalue weighted by Crippen LogP contribution is 2.23. The molecule has 1 unspecified atom stereocenters. The first-order chi connectivity index (χ1) is 13.5. The lowest BCUT2D eigenvalue weighted by Crippen LogP contribution is -2.33. The Labute approximate surface area is 164 Å². The molecule has 0 saturated carbocycles. The Hall–Kier alpha value is -3.22. The lowest BCUT2D eigenvalue weighted by Gasteiger charge is -2.21. The third-order valence-corrected chi connectivity index (χ3v) is 4.79. The number of para-hydroxylation sites is 1. The Morgan fingerprint density at radius 2 is 2.00 bits per heavy atom. The fraction of sp³-hybridized carbons (Fsp3) is 0.333. The number of carbonyl (C=O) groups is 3. The van der Waals surface area contributed by atoms with Crippen molar-refractivity contribution >= 4 is 23.4 Å². The summed E-state index contributed by atoms with van der Waals surface area (Å²) in [6.45, 7) is 4.59. The quantitative estimate of drug-likeness (QED) is 0.804. The Balaban J connectivity index is 1.63. The van der Waals surface area contributed by atoms with Crippen molar-refractivity contribution in [3.05, 3.63) is 59.9 Å². The van der Waals surface area contributed by atoms with E-state index in [-0.39, 0.29) is 42.6 Å². The molecule has 28 heavy (non-hydrogen) atoms. The van der Waals surface area contributed by atoms with E-state index in [1.807, 2.05) is 32.0 Å². The maximum Gasteiger partial charge on any atom is 0.253 e. The molecule has 3 rings (SSSR count). The Kier molecular flexibility index (Phi) is 6.03. The third-order valence-electron chi connectivity index (χ3n) is 4.79. The van der Waals surface area contributed by atoms with E-state index in [2.05, 4.69) is 15.6 Å². The number of benzene rings is 1. The van der Waals surface area contributed by atoms with Crippen molar-refractivity contribution in [3.63, 3.8) is 0 Å². The fourth-order valence-corrected chi connectivity index (χ4v) is 3.21. The highest BCUT2D eigenvalue weighted by molar-refractivity contribution is 5.98. The first-order valence-electron chi connectivity index (χ1n) is 9.32. The molecule has 1 aliphatic heterocycles. The second-order valence-electron chi connectivity index (χ2n) is 7.11. The summed E-state index contributed by atoms with van der Waals surface area (Å²) in [6.07, 6.45) is 3.33. The highest BCUT2D eigenvalue weighted by Gasteiger charge is 2.35. The van der Waals surface area contributed by atoms with Gasteiger partial charge in [0, 0.05) is 43.6 Å². The van der Waals surface area contributed by atoms with E-state index in [0.717, 1.165) is 5.56 Å². The standard InChI is InChI=1S/C21H24N4O3/c1-14(2)25-13-17(10-19(25)26)21(28)24-18-8-4-3-6-15(18)12-23-20(27)16-7-5-9-22-11-16/h3-9,11,14,17H,10,12-13H2,1-2H3,(H,23,27)(H,24,28). The largest absolute Gasteiger partial charge is 0.348 e. The van der Waals surface area contributed by atoms with Crippen LogP contribution in [-0.2, 0) is 16.1 Å². The maximum absolute atomic E-state index is 12.7. The normalized spacial score (nSPS) is 16.3. The fourth-order valence-electron chi connectivity index (χ4n) is 3.21. The minimum Gasteiger partial charge on any atom is -0.348 e. The van der Waals surface area contributed by atoms with Crippen molar-refractivity contribution in [3.8, 4) is 0 Å². The zero-order valence-corrected chi connectivity index (χ0v) is 16.0. The van der Waals surface area contributed by atoms with E-state index < -0.39 is 0 Å². The molecule has 1 saturated heterocycles. The van der Waals surface area contributed by atoms with E-state index in [1.165, 1.54) is 6.20 Å². The molecule has 0 bridgehead atoms. The first kappa shape index (κ1) is 19.5. The summed E-state index contributed by atoms with van der Waals surface area (Å²) in [5, 5.41) is 5.75. The predicted octanol–water partition coefficient (Wildman–Crippen LogP) is 2.21. The molecular weight excluding hydrogens is 356 g/mol. The zero-order chi connectivity index (χ0) is 20.1. The topological polar surface area (TPSA) is 91.4 Å². The lowest BCUT2D eigenvalue weighted by atomic mass is 10.1. The van der Waals surface area contributed by atoms with Crippen molar-refractivity contribution in [1.29, 1.82) is 0 Å². The molecule has 1 atom stereocenters. The number of nitrogens with zero attached hydrogens (tertiary/aromatic N) is 2. The molecular formula is C21H24N4O3. The average molecular weight is 380 g/mol. The molecule has 1 fully saturated rings. The van der Waals surface area contributed by atoms with Gasteiger partial charge in [-0.1, -0.05) is 18.2 Å². The van der Waals surface area contributed by atoms with Crippen molar-refractivity contribution in [2.45, 2.75) is 32.9 Å².